The monoisotopic (exact) mass is 238 g/mol. The molecule has 1 aliphatic carbocycles. The Balaban J connectivity index is 3.37. The molecule has 0 fully saturated rings. The second-order valence-corrected chi connectivity index (χ2v) is 5.97. The highest BCUT2D eigenvalue weighted by Gasteiger charge is 2.52. The number of carbonyl (C=O) groups is 2. The maximum Gasteiger partial charge on any atom is 0.304 e. The molecule has 0 saturated heterocycles. The summed E-state index contributed by atoms with van der Waals surface area (Å²) in [6.45, 7) is 11.5. The van der Waals surface area contributed by atoms with E-state index in [4.69, 9.17) is 5.11 Å². The van der Waals surface area contributed by atoms with Gasteiger partial charge in [0, 0.05) is 10.8 Å². The van der Waals surface area contributed by atoms with Gasteiger partial charge in [-0.05, 0) is 33.6 Å². The number of allylic oxidation sites excluding steroid dienone is 2. The van der Waals surface area contributed by atoms with Gasteiger partial charge in [-0.15, -0.1) is 0 Å². The lowest BCUT2D eigenvalue weighted by molar-refractivity contribution is -0.149. The van der Waals surface area contributed by atoms with Gasteiger partial charge in [-0.1, -0.05) is 25.0 Å². The minimum atomic E-state index is -0.907. The number of carboxylic acid groups (broad SMARTS) is 1. The van der Waals surface area contributed by atoms with Crippen molar-refractivity contribution in [2.24, 2.45) is 16.7 Å². The molecule has 0 spiro atoms. The average Bonchev–Trinajstić information content (AvgIpc) is 2.22. The van der Waals surface area contributed by atoms with E-state index < -0.39 is 16.8 Å². The molecule has 1 N–H and O–H groups in total. The van der Waals surface area contributed by atoms with Crippen molar-refractivity contribution in [3.63, 3.8) is 0 Å². The van der Waals surface area contributed by atoms with Crippen LogP contribution in [0.5, 0.6) is 0 Å². The maximum atomic E-state index is 12.6. The number of hydrogen-bond donors (Lipinski definition) is 1. The Morgan fingerprint density at radius 2 is 1.76 bits per heavy atom. The molecule has 0 aromatic rings. The van der Waals surface area contributed by atoms with Crippen molar-refractivity contribution in [1.29, 1.82) is 0 Å². The first kappa shape index (κ1) is 13.9. The van der Waals surface area contributed by atoms with Crippen LogP contribution in [0.25, 0.3) is 0 Å². The van der Waals surface area contributed by atoms with E-state index in [1.54, 1.807) is 6.92 Å². The smallest absolute Gasteiger partial charge is 0.304 e. The van der Waals surface area contributed by atoms with E-state index in [1.807, 2.05) is 34.6 Å². The average molecular weight is 238 g/mol. The van der Waals surface area contributed by atoms with Gasteiger partial charge in [0.15, 0.2) is 0 Å². The van der Waals surface area contributed by atoms with Crippen LogP contribution in [0.3, 0.4) is 0 Å². The Morgan fingerprint density at radius 1 is 1.29 bits per heavy atom. The van der Waals surface area contributed by atoms with E-state index in [1.165, 1.54) is 0 Å². The quantitative estimate of drug-likeness (QED) is 0.752. The highest BCUT2D eigenvalue weighted by Crippen LogP contribution is 2.50. The van der Waals surface area contributed by atoms with Crippen LogP contribution in [0.2, 0.25) is 0 Å². The second kappa shape index (κ2) is 3.97. The van der Waals surface area contributed by atoms with Crippen LogP contribution in [0.1, 0.15) is 48.0 Å². The van der Waals surface area contributed by atoms with Crippen LogP contribution >= 0.6 is 0 Å². The minimum Gasteiger partial charge on any atom is -0.481 e. The summed E-state index contributed by atoms with van der Waals surface area (Å²) in [5.41, 5.74) is 0.885. The lowest BCUT2D eigenvalue weighted by Crippen LogP contribution is -2.49. The zero-order chi connectivity index (χ0) is 13.6. The summed E-state index contributed by atoms with van der Waals surface area (Å²) in [5, 5.41) is 9.02. The van der Waals surface area contributed by atoms with E-state index in [-0.39, 0.29) is 18.1 Å². The number of aliphatic carboxylic acids is 1. The number of carboxylic acids is 1. The predicted octanol–water partition coefficient (Wildman–Crippen LogP) is 3.05. The van der Waals surface area contributed by atoms with Crippen LogP contribution in [-0.2, 0) is 9.59 Å². The largest absolute Gasteiger partial charge is 0.481 e. The van der Waals surface area contributed by atoms with Crippen molar-refractivity contribution in [1.82, 2.24) is 0 Å². The van der Waals surface area contributed by atoms with Crippen LogP contribution in [0.15, 0.2) is 11.1 Å². The second-order valence-electron chi connectivity index (χ2n) is 5.97. The fourth-order valence-corrected chi connectivity index (χ4v) is 2.92. The van der Waals surface area contributed by atoms with Crippen LogP contribution < -0.4 is 0 Å². The van der Waals surface area contributed by atoms with Crippen LogP contribution in [0, 0.1) is 16.7 Å². The highest BCUT2D eigenvalue weighted by molar-refractivity contribution is 5.96. The minimum absolute atomic E-state index is 0.0147. The van der Waals surface area contributed by atoms with Gasteiger partial charge >= 0.3 is 5.97 Å². The van der Waals surface area contributed by atoms with Crippen LogP contribution in [0.4, 0.5) is 0 Å². The topological polar surface area (TPSA) is 54.4 Å². The molecule has 96 valence electrons. The zero-order valence-electron chi connectivity index (χ0n) is 11.5. The molecule has 3 nitrogen and oxygen atoms in total. The molecule has 0 saturated carbocycles. The van der Waals surface area contributed by atoms with Crippen molar-refractivity contribution >= 4 is 11.8 Å². The maximum absolute atomic E-state index is 12.6. The van der Waals surface area contributed by atoms with Gasteiger partial charge in [-0.25, -0.2) is 0 Å². The molecule has 0 radical (unpaired) electrons. The van der Waals surface area contributed by atoms with Crippen molar-refractivity contribution < 1.29 is 14.7 Å². The van der Waals surface area contributed by atoms with Crippen molar-refractivity contribution in [2.75, 3.05) is 0 Å². The number of carbonyl (C=O) groups excluding carboxylic acids is 1. The third-order valence-corrected chi connectivity index (χ3v) is 4.74. The summed E-state index contributed by atoms with van der Waals surface area (Å²) in [7, 11) is 0. The molecule has 1 rings (SSSR count). The first-order chi connectivity index (χ1) is 7.55. The van der Waals surface area contributed by atoms with Gasteiger partial charge in [-0.3, -0.25) is 9.59 Å². The summed E-state index contributed by atoms with van der Waals surface area (Å²) in [5.74, 6) is -0.877. The lowest BCUT2D eigenvalue weighted by Gasteiger charge is -2.46. The normalized spacial score (nSPS) is 32.8. The Hall–Kier alpha value is -1.12. The molecule has 0 heterocycles. The van der Waals surface area contributed by atoms with E-state index in [9.17, 15) is 9.59 Å². The first-order valence-corrected chi connectivity index (χ1v) is 5.99. The molecular weight excluding hydrogens is 216 g/mol. The fourth-order valence-electron chi connectivity index (χ4n) is 2.92. The van der Waals surface area contributed by atoms with E-state index in [0.717, 1.165) is 11.1 Å². The number of Topliss-reactive ketones (excluding diaryl/α,β-unsaturated/α-hetero) is 1. The number of ketones is 1. The van der Waals surface area contributed by atoms with Crippen LogP contribution in [-0.4, -0.2) is 16.9 Å². The Labute approximate surface area is 103 Å². The predicted molar refractivity (Wildman–Crippen MR) is 66.7 cm³/mol. The molecule has 17 heavy (non-hydrogen) atoms. The number of hydrogen-bond acceptors (Lipinski definition) is 2. The molecule has 0 aromatic carbocycles. The van der Waals surface area contributed by atoms with Gasteiger partial charge < -0.3 is 5.11 Å². The van der Waals surface area contributed by atoms with Gasteiger partial charge in [-0.2, -0.15) is 0 Å². The van der Waals surface area contributed by atoms with Gasteiger partial charge in [0.2, 0.25) is 0 Å². The van der Waals surface area contributed by atoms with Gasteiger partial charge in [0.05, 0.1) is 6.42 Å². The van der Waals surface area contributed by atoms with Crippen molar-refractivity contribution in [3.8, 4) is 0 Å². The van der Waals surface area contributed by atoms with Crippen molar-refractivity contribution in [3.05, 3.63) is 11.1 Å². The number of rotatable bonds is 2. The zero-order valence-corrected chi connectivity index (χ0v) is 11.5. The Morgan fingerprint density at radius 3 is 2.18 bits per heavy atom. The summed E-state index contributed by atoms with van der Waals surface area (Å²) in [6.07, 6.45) is -0.0962. The molecule has 0 aliphatic heterocycles. The summed E-state index contributed by atoms with van der Waals surface area (Å²) < 4.78 is 0. The van der Waals surface area contributed by atoms with E-state index in [2.05, 4.69) is 0 Å². The lowest BCUT2D eigenvalue weighted by atomic mass is 9.56. The Bertz CT molecular complexity index is 404. The van der Waals surface area contributed by atoms with E-state index >= 15 is 0 Å². The third-order valence-electron chi connectivity index (χ3n) is 4.74. The summed E-state index contributed by atoms with van der Waals surface area (Å²) in [6, 6.07) is 0. The van der Waals surface area contributed by atoms with Gasteiger partial charge in [0.1, 0.15) is 5.78 Å². The summed E-state index contributed by atoms with van der Waals surface area (Å²) >= 11 is 0. The SMILES string of the molecule is CC1=C(C)C(C)(C)C(=O)C(C)(CC(=O)O)C1C. The standard InChI is InChI=1S/C14H22O3/c1-8-9(2)13(4,5)12(17)14(6,10(8)3)7-11(15)16/h10H,7H2,1-6H3,(H,15,16). The third kappa shape index (κ3) is 1.92. The van der Waals surface area contributed by atoms with Crippen molar-refractivity contribution in [2.45, 2.75) is 48.0 Å². The van der Waals surface area contributed by atoms with Gasteiger partial charge in [0.25, 0.3) is 0 Å². The molecule has 0 amide bonds. The fraction of sp³-hybridized carbons (Fsp3) is 0.714. The first-order valence-electron chi connectivity index (χ1n) is 5.99. The summed E-state index contributed by atoms with van der Waals surface area (Å²) in [4.78, 5) is 23.6. The molecule has 3 heteroatoms. The molecular formula is C14H22O3. The van der Waals surface area contributed by atoms with E-state index in [0.29, 0.717) is 0 Å². The molecule has 2 unspecified atom stereocenters. The molecule has 0 aromatic heterocycles. The highest BCUT2D eigenvalue weighted by atomic mass is 16.4. The Kier molecular flexibility index (Phi) is 3.25. The molecule has 1 aliphatic rings. The molecule has 2 atom stereocenters. The molecule has 0 bridgehead atoms.